The highest BCUT2D eigenvalue weighted by atomic mass is 19.3. The molecule has 11 heteroatoms. The minimum Gasteiger partial charge on any atom is -0.475 e. The van der Waals surface area contributed by atoms with Crippen LogP contribution in [-0.2, 0) is 0 Å². The Morgan fingerprint density at radius 2 is 1.84 bits per heavy atom. The zero-order valence-corrected chi connectivity index (χ0v) is 18.8. The monoisotopic (exact) mass is 454 g/mol. The van der Waals surface area contributed by atoms with Crippen molar-refractivity contribution in [3.05, 3.63) is 24.3 Å². The lowest BCUT2D eigenvalue weighted by Crippen LogP contribution is -2.60. The van der Waals surface area contributed by atoms with Gasteiger partial charge in [-0.05, 0) is 47.5 Å². The van der Waals surface area contributed by atoms with E-state index >= 15 is 0 Å². The number of alkyl halides is 2. The lowest BCUT2D eigenvalue weighted by atomic mass is 9.79. The first kappa shape index (κ1) is 23.8. The number of anilines is 3. The van der Waals surface area contributed by atoms with Crippen LogP contribution in [0, 0.1) is 5.82 Å². The summed E-state index contributed by atoms with van der Waals surface area (Å²) in [7, 11) is 0. The first-order valence-electron chi connectivity index (χ1n) is 10.4. The Bertz CT molecular complexity index is 926. The molecule has 176 valence electrons. The van der Waals surface area contributed by atoms with Crippen LogP contribution in [-0.4, -0.2) is 45.3 Å². The molecule has 1 fully saturated rings. The van der Waals surface area contributed by atoms with Crippen LogP contribution in [0.2, 0.25) is 0 Å². The highest BCUT2D eigenvalue weighted by Crippen LogP contribution is 2.32. The molecule has 3 heterocycles. The molecule has 0 unspecified atom stereocenters. The van der Waals surface area contributed by atoms with E-state index in [1.54, 1.807) is 6.92 Å². The molecule has 0 spiro atoms. The fourth-order valence-corrected chi connectivity index (χ4v) is 4.20. The largest absolute Gasteiger partial charge is 0.475 e. The van der Waals surface area contributed by atoms with Gasteiger partial charge >= 0.3 is 6.61 Å². The molecular formula is C21H29F3N6O2. The second-order valence-electron chi connectivity index (χ2n) is 9.00. The molecule has 0 amide bonds. The molecule has 0 saturated carbocycles. The molecule has 32 heavy (non-hydrogen) atoms. The number of aromatic nitrogens is 3. The molecule has 2 aromatic rings. The predicted octanol–water partition coefficient (Wildman–Crippen LogP) is 4.48. The van der Waals surface area contributed by atoms with Gasteiger partial charge in [-0.1, -0.05) is 0 Å². The molecule has 0 aliphatic carbocycles. The predicted molar refractivity (Wildman–Crippen MR) is 115 cm³/mol. The van der Waals surface area contributed by atoms with E-state index in [0.29, 0.717) is 0 Å². The fourth-order valence-electron chi connectivity index (χ4n) is 4.20. The first-order valence-corrected chi connectivity index (χ1v) is 10.4. The third kappa shape index (κ3) is 6.35. The topological polar surface area (TPSA) is 93.2 Å². The number of pyridine rings is 1. The summed E-state index contributed by atoms with van der Waals surface area (Å²) < 4.78 is 49.6. The van der Waals surface area contributed by atoms with Crippen LogP contribution in [0.3, 0.4) is 0 Å². The van der Waals surface area contributed by atoms with Crippen LogP contribution < -0.4 is 25.4 Å². The number of halogens is 3. The lowest BCUT2D eigenvalue weighted by molar-refractivity contribution is -0.0517. The summed E-state index contributed by atoms with van der Waals surface area (Å²) in [4.78, 5) is 12.2. The lowest BCUT2D eigenvalue weighted by Gasteiger charge is -2.46. The van der Waals surface area contributed by atoms with Crippen LogP contribution in [0.25, 0.3) is 0 Å². The summed E-state index contributed by atoms with van der Waals surface area (Å²) in [6, 6.07) is 1.29. The molecule has 8 nitrogen and oxygen atoms in total. The average molecular weight is 454 g/mol. The number of piperidine rings is 1. The zero-order valence-electron chi connectivity index (χ0n) is 18.8. The number of ether oxygens (including phenoxy) is 2. The maximum absolute atomic E-state index is 14.4. The Labute approximate surface area is 185 Å². The van der Waals surface area contributed by atoms with Gasteiger partial charge in [-0.3, -0.25) is 0 Å². The Morgan fingerprint density at radius 3 is 2.47 bits per heavy atom. The third-order valence-corrected chi connectivity index (χ3v) is 4.85. The van der Waals surface area contributed by atoms with Gasteiger partial charge in [0.2, 0.25) is 5.95 Å². The maximum atomic E-state index is 14.4. The van der Waals surface area contributed by atoms with Crippen molar-refractivity contribution < 1.29 is 22.6 Å². The van der Waals surface area contributed by atoms with Gasteiger partial charge in [-0.2, -0.15) is 13.8 Å². The summed E-state index contributed by atoms with van der Waals surface area (Å²) in [5, 5.41) is 9.60. The molecular weight excluding hydrogens is 425 g/mol. The van der Waals surface area contributed by atoms with Gasteiger partial charge in [0, 0.05) is 23.2 Å². The highest BCUT2D eigenvalue weighted by Gasteiger charge is 2.38. The standard InChI is InChI=1S/C21H29F3N6O2/c1-6-31-17-15(32-18(23)24)7-12(10-25-17)28-19-26-11-14(22)16(29-19)27-13-8-20(2,3)30-21(4,5)9-13/h7,10-11,13,18,30H,6,8-9H2,1-5H3,(H2,26,27,28,29). The number of hydrogen-bond acceptors (Lipinski definition) is 8. The quantitative estimate of drug-likeness (QED) is 0.538. The normalized spacial score (nSPS) is 17.8. The fraction of sp³-hybridized carbons (Fsp3) is 0.571. The van der Waals surface area contributed by atoms with E-state index in [1.165, 1.54) is 12.3 Å². The van der Waals surface area contributed by atoms with Crippen molar-refractivity contribution in [3.8, 4) is 11.6 Å². The van der Waals surface area contributed by atoms with Crippen molar-refractivity contribution in [2.24, 2.45) is 0 Å². The Kier molecular flexibility index (Phi) is 6.97. The third-order valence-electron chi connectivity index (χ3n) is 4.85. The Balaban J connectivity index is 1.79. The Morgan fingerprint density at radius 1 is 1.16 bits per heavy atom. The van der Waals surface area contributed by atoms with Crippen molar-refractivity contribution in [1.82, 2.24) is 20.3 Å². The first-order chi connectivity index (χ1) is 15.0. The van der Waals surface area contributed by atoms with E-state index < -0.39 is 12.4 Å². The van der Waals surface area contributed by atoms with E-state index in [1.807, 2.05) is 0 Å². The van der Waals surface area contributed by atoms with Crippen LogP contribution in [0.15, 0.2) is 18.5 Å². The number of nitrogens with one attached hydrogen (secondary N) is 3. The molecule has 0 radical (unpaired) electrons. The molecule has 0 bridgehead atoms. The van der Waals surface area contributed by atoms with Crippen molar-refractivity contribution >= 4 is 17.5 Å². The molecule has 3 rings (SSSR count). The van der Waals surface area contributed by atoms with Gasteiger partial charge in [0.25, 0.3) is 5.88 Å². The summed E-state index contributed by atoms with van der Waals surface area (Å²) in [6.07, 6.45) is 3.97. The van der Waals surface area contributed by atoms with E-state index in [9.17, 15) is 13.2 Å². The van der Waals surface area contributed by atoms with Crippen LogP contribution in [0.5, 0.6) is 11.6 Å². The summed E-state index contributed by atoms with van der Waals surface area (Å²) in [6.45, 7) is 7.30. The van der Waals surface area contributed by atoms with Gasteiger partial charge < -0.3 is 25.4 Å². The molecule has 1 aliphatic heterocycles. The second-order valence-corrected chi connectivity index (χ2v) is 9.00. The molecule has 1 saturated heterocycles. The van der Waals surface area contributed by atoms with Gasteiger partial charge in [-0.15, -0.1) is 0 Å². The van der Waals surface area contributed by atoms with Gasteiger partial charge in [0.05, 0.1) is 24.7 Å². The molecule has 1 aliphatic rings. The second kappa shape index (κ2) is 9.35. The SMILES string of the molecule is CCOc1ncc(Nc2ncc(F)c(NC3CC(C)(C)NC(C)(C)C3)n2)cc1OC(F)F. The van der Waals surface area contributed by atoms with Crippen molar-refractivity contribution in [2.75, 3.05) is 17.2 Å². The zero-order chi connectivity index (χ0) is 23.5. The van der Waals surface area contributed by atoms with E-state index in [-0.39, 0.29) is 52.8 Å². The van der Waals surface area contributed by atoms with E-state index in [4.69, 9.17) is 4.74 Å². The van der Waals surface area contributed by atoms with Crippen LogP contribution in [0.4, 0.5) is 30.6 Å². The minimum absolute atomic E-state index is 0.00307. The summed E-state index contributed by atoms with van der Waals surface area (Å²) >= 11 is 0. The smallest absolute Gasteiger partial charge is 0.387 e. The average Bonchev–Trinajstić information content (AvgIpc) is 2.63. The maximum Gasteiger partial charge on any atom is 0.387 e. The number of nitrogens with zero attached hydrogens (tertiary/aromatic N) is 3. The molecule has 0 aromatic carbocycles. The van der Waals surface area contributed by atoms with Gasteiger partial charge in [0.1, 0.15) is 0 Å². The van der Waals surface area contributed by atoms with Gasteiger partial charge in [-0.25, -0.2) is 14.4 Å². The van der Waals surface area contributed by atoms with E-state index in [2.05, 4.69) is 63.3 Å². The molecule has 2 aromatic heterocycles. The minimum atomic E-state index is -3.04. The summed E-state index contributed by atoms with van der Waals surface area (Å²) in [5.41, 5.74) is 0.0313. The van der Waals surface area contributed by atoms with Gasteiger partial charge in [0.15, 0.2) is 17.4 Å². The van der Waals surface area contributed by atoms with Crippen LogP contribution in [0.1, 0.15) is 47.5 Å². The van der Waals surface area contributed by atoms with Crippen LogP contribution >= 0.6 is 0 Å². The van der Waals surface area contributed by atoms with Crippen molar-refractivity contribution in [3.63, 3.8) is 0 Å². The van der Waals surface area contributed by atoms with Crippen molar-refractivity contribution in [1.29, 1.82) is 0 Å². The van der Waals surface area contributed by atoms with Crippen molar-refractivity contribution in [2.45, 2.75) is 71.2 Å². The number of rotatable bonds is 8. The Hall–Kier alpha value is -2.82. The molecule has 0 atom stereocenters. The summed E-state index contributed by atoms with van der Waals surface area (Å²) in [5.74, 6) is -0.737. The molecule has 3 N–H and O–H groups in total. The van der Waals surface area contributed by atoms with E-state index in [0.717, 1.165) is 19.0 Å². The number of hydrogen-bond donors (Lipinski definition) is 3. The highest BCUT2D eigenvalue weighted by molar-refractivity contribution is 5.58.